The molecule has 3 aromatic rings. The Balaban J connectivity index is 1.47. The van der Waals surface area contributed by atoms with Gasteiger partial charge in [-0.1, -0.05) is 23.7 Å². The molecule has 0 atom stereocenters. The SMILES string of the molecule is Cc1nc(Nc2ccc(Cl)cc2)cc(N2CCN(c3ccccc3F)CC2)n1. The predicted molar refractivity (Wildman–Crippen MR) is 112 cm³/mol. The third kappa shape index (κ3) is 4.17. The number of hydrogen-bond donors (Lipinski definition) is 1. The van der Waals surface area contributed by atoms with Gasteiger partial charge in [-0.05, 0) is 43.3 Å². The molecule has 7 heteroatoms. The Labute approximate surface area is 168 Å². The summed E-state index contributed by atoms with van der Waals surface area (Å²) in [6.45, 7) is 4.90. The predicted octanol–water partition coefficient (Wildman–Crippen LogP) is 4.65. The van der Waals surface area contributed by atoms with Crippen molar-refractivity contribution in [1.29, 1.82) is 0 Å². The van der Waals surface area contributed by atoms with Crippen molar-refractivity contribution in [1.82, 2.24) is 9.97 Å². The maximum atomic E-state index is 14.0. The first-order valence-corrected chi connectivity index (χ1v) is 9.59. The van der Waals surface area contributed by atoms with Gasteiger partial charge in [0.05, 0.1) is 5.69 Å². The fraction of sp³-hybridized carbons (Fsp3) is 0.238. The van der Waals surface area contributed by atoms with Gasteiger partial charge in [0.25, 0.3) is 0 Å². The maximum absolute atomic E-state index is 14.0. The van der Waals surface area contributed by atoms with E-state index >= 15 is 0 Å². The molecule has 1 aromatic heterocycles. The van der Waals surface area contributed by atoms with Gasteiger partial charge in [-0.2, -0.15) is 0 Å². The largest absolute Gasteiger partial charge is 0.366 e. The summed E-state index contributed by atoms with van der Waals surface area (Å²) in [5.74, 6) is 2.13. The zero-order chi connectivity index (χ0) is 19.5. The van der Waals surface area contributed by atoms with Gasteiger partial charge < -0.3 is 15.1 Å². The van der Waals surface area contributed by atoms with E-state index in [1.54, 1.807) is 6.07 Å². The van der Waals surface area contributed by atoms with Crippen LogP contribution < -0.4 is 15.1 Å². The van der Waals surface area contributed by atoms with Gasteiger partial charge in [0.2, 0.25) is 0 Å². The van der Waals surface area contributed by atoms with Crippen LogP contribution in [0.25, 0.3) is 0 Å². The number of hydrogen-bond acceptors (Lipinski definition) is 5. The number of benzene rings is 2. The quantitative estimate of drug-likeness (QED) is 0.694. The van der Waals surface area contributed by atoms with Crippen LogP contribution in [0.2, 0.25) is 5.02 Å². The average molecular weight is 398 g/mol. The Hall–Kier alpha value is -2.86. The van der Waals surface area contributed by atoms with E-state index in [-0.39, 0.29) is 5.82 Å². The second kappa shape index (κ2) is 8.02. The molecule has 0 amide bonds. The molecule has 2 aromatic carbocycles. The van der Waals surface area contributed by atoms with Crippen LogP contribution in [0.1, 0.15) is 5.82 Å². The number of nitrogens with zero attached hydrogens (tertiary/aromatic N) is 4. The summed E-state index contributed by atoms with van der Waals surface area (Å²) in [4.78, 5) is 13.4. The molecule has 1 saturated heterocycles. The molecule has 1 aliphatic rings. The van der Waals surface area contributed by atoms with Crippen molar-refractivity contribution in [2.24, 2.45) is 0 Å². The molecule has 144 valence electrons. The lowest BCUT2D eigenvalue weighted by molar-refractivity contribution is 0.596. The van der Waals surface area contributed by atoms with E-state index in [1.165, 1.54) is 6.07 Å². The van der Waals surface area contributed by atoms with Crippen molar-refractivity contribution in [3.63, 3.8) is 0 Å². The van der Waals surface area contributed by atoms with Crippen molar-refractivity contribution in [3.8, 4) is 0 Å². The molecule has 4 rings (SSSR count). The highest BCUT2D eigenvalue weighted by Gasteiger charge is 2.21. The molecule has 0 bridgehead atoms. The Kier molecular flexibility index (Phi) is 5.30. The van der Waals surface area contributed by atoms with Crippen molar-refractivity contribution >= 4 is 34.6 Å². The number of aromatic nitrogens is 2. The van der Waals surface area contributed by atoms with Crippen LogP contribution in [0.15, 0.2) is 54.6 Å². The van der Waals surface area contributed by atoms with Crippen LogP contribution in [-0.4, -0.2) is 36.1 Å². The first-order valence-electron chi connectivity index (χ1n) is 9.21. The Morgan fingerprint density at radius 3 is 2.32 bits per heavy atom. The third-order valence-corrected chi connectivity index (χ3v) is 4.99. The van der Waals surface area contributed by atoms with Crippen LogP contribution >= 0.6 is 11.6 Å². The van der Waals surface area contributed by atoms with E-state index in [1.807, 2.05) is 49.4 Å². The van der Waals surface area contributed by atoms with Crippen LogP contribution in [-0.2, 0) is 0 Å². The lowest BCUT2D eigenvalue weighted by Crippen LogP contribution is -2.47. The fourth-order valence-electron chi connectivity index (χ4n) is 3.34. The number of aryl methyl sites for hydroxylation is 1. The summed E-state index contributed by atoms with van der Waals surface area (Å²) in [5.41, 5.74) is 1.57. The van der Waals surface area contributed by atoms with Gasteiger partial charge in [0.1, 0.15) is 23.3 Å². The Morgan fingerprint density at radius 1 is 0.929 bits per heavy atom. The van der Waals surface area contributed by atoms with Gasteiger partial charge in [-0.25, -0.2) is 14.4 Å². The standard InChI is InChI=1S/C21H21ClFN5/c1-15-24-20(26-17-8-6-16(22)7-9-17)14-21(25-15)28-12-10-27(11-13-28)19-5-3-2-4-18(19)23/h2-9,14H,10-13H2,1H3,(H,24,25,26). The Bertz CT molecular complexity index is 955. The van der Waals surface area contributed by atoms with Crippen molar-refractivity contribution in [2.45, 2.75) is 6.92 Å². The topological polar surface area (TPSA) is 44.3 Å². The number of anilines is 4. The summed E-state index contributed by atoms with van der Waals surface area (Å²) in [6, 6.07) is 16.3. The molecule has 0 radical (unpaired) electrons. The minimum absolute atomic E-state index is 0.178. The Morgan fingerprint density at radius 2 is 1.61 bits per heavy atom. The van der Waals surface area contributed by atoms with E-state index < -0.39 is 0 Å². The summed E-state index contributed by atoms with van der Waals surface area (Å²) >= 11 is 5.94. The van der Waals surface area contributed by atoms with E-state index in [2.05, 4.69) is 25.1 Å². The number of piperazine rings is 1. The molecule has 28 heavy (non-hydrogen) atoms. The number of rotatable bonds is 4. The van der Waals surface area contributed by atoms with Gasteiger partial charge >= 0.3 is 0 Å². The van der Waals surface area contributed by atoms with E-state index in [0.717, 1.165) is 43.5 Å². The second-order valence-corrected chi connectivity index (χ2v) is 7.15. The summed E-state index contributed by atoms with van der Waals surface area (Å²) in [6.07, 6.45) is 0. The lowest BCUT2D eigenvalue weighted by Gasteiger charge is -2.37. The summed E-state index contributed by atoms with van der Waals surface area (Å²) in [7, 11) is 0. The molecule has 1 fully saturated rings. The normalized spacial score (nSPS) is 14.2. The first kappa shape index (κ1) is 18.5. The smallest absolute Gasteiger partial charge is 0.146 e. The van der Waals surface area contributed by atoms with Gasteiger partial charge in [0.15, 0.2) is 0 Å². The minimum Gasteiger partial charge on any atom is -0.366 e. The molecule has 0 aliphatic carbocycles. The molecular formula is C21H21ClFN5. The zero-order valence-electron chi connectivity index (χ0n) is 15.6. The zero-order valence-corrected chi connectivity index (χ0v) is 16.3. The van der Waals surface area contributed by atoms with Crippen LogP contribution in [0.5, 0.6) is 0 Å². The molecule has 0 spiro atoms. The first-order chi connectivity index (χ1) is 13.6. The molecular weight excluding hydrogens is 377 g/mol. The fourth-order valence-corrected chi connectivity index (χ4v) is 3.47. The third-order valence-electron chi connectivity index (χ3n) is 4.74. The van der Waals surface area contributed by atoms with Crippen LogP contribution in [0.4, 0.5) is 27.4 Å². The second-order valence-electron chi connectivity index (χ2n) is 6.72. The highest BCUT2D eigenvalue weighted by Crippen LogP contribution is 2.24. The van der Waals surface area contributed by atoms with E-state index in [9.17, 15) is 4.39 Å². The van der Waals surface area contributed by atoms with Crippen molar-refractivity contribution < 1.29 is 4.39 Å². The maximum Gasteiger partial charge on any atom is 0.146 e. The molecule has 1 N–H and O–H groups in total. The van der Waals surface area contributed by atoms with Gasteiger partial charge in [-0.3, -0.25) is 0 Å². The number of nitrogens with one attached hydrogen (secondary N) is 1. The molecule has 0 unspecified atom stereocenters. The van der Waals surface area contributed by atoms with Crippen LogP contribution in [0.3, 0.4) is 0 Å². The molecule has 1 aliphatic heterocycles. The molecule has 2 heterocycles. The van der Waals surface area contributed by atoms with Gasteiger partial charge in [-0.15, -0.1) is 0 Å². The van der Waals surface area contributed by atoms with E-state index in [0.29, 0.717) is 16.5 Å². The van der Waals surface area contributed by atoms with Crippen molar-refractivity contribution in [2.75, 3.05) is 41.3 Å². The monoisotopic (exact) mass is 397 g/mol. The van der Waals surface area contributed by atoms with E-state index in [4.69, 9.17) is 11.6 Å². The molecule has 0 saturated carbocycles. The highest BCUT2D eigenvalue weighted by atomic mass is 35.5. The number of para-hydroxylation sites is 1. The average Bonchev–Trinajstić information content (AvgIpc) is 2.70. The molecule has 5 nitrogen and oxygen atoms in total. The number of halogens is 2. The lowest BCUT2D eigenvalue weighted by atomic mass is 10.2. The minimum atomic E-state index is -0.178. The van der Waals surface area contributed by atoms with Crippen molar-refractivity contribution in [3.05, 3.63) is 71.3 Å². The van der Waals surface area contributed by atoms with Gasteiger partial charge in [0, 0.05) is 43.0 Å². The summed E-state index contributed by atoms with van der Waals surface area (Å²) < 4.78 is 14.0. The highest BCUT2D eigenvalue weighted by molar-refractivity contribution is 6.30. The summed E-state index contributed by atoms with van der Waals surface area (Å²) in [5, 5.41) is 3.99. The van der Waals surface area contributed by atoms with Crippen LogP contribution in [0, 0.1) is 12.7 Å².